The van der Waals surface area contributed by atoms with Gasteiger partial charge in [-0.2, -0.15) is 0 Å². The molecule has 0 fully saturated rings. The second kappa shape index (κ2) is 6.32. The minimum Gasteiger partial charge on any atom is -0.320 e. The van der Waals surface area contributed by atoms with E-state index >= 15 is 0 Å². The number of hydrogen-bond acceptors (Lipinski definition) is 6. The molecule has 28 heavy (non-hydrogen) atoms. The van der Waals surface area contributed by atoms with E-state index in [0.29, 0.717) is 23.0 Å². The van der Waals surface area contributed by atoms with Crippen LogP contribution in [0.3, 0.4) is 0 Å². The molecule has 2 aromatic carbocycles. The van der Waals surface area contributed by atoms with Gasteiger partial charge in [0.15, 0.2) is 5.17 Å². The Kier molecular flexibility index (Phi) is 3.88. The highest BCUT2D eigenvalue weighted by Gasteiger charge is 2.33. The summed E-state index contributed by atoms with van der Waals surface area (Å²) in [6.45, 7) is 0.369. The number of thioether (sulfide) groups is 1. The number of carbonyl (C=O) groups is 1. The van der Waals surface area contributed by atoms with Gasteiger partial charge in [0.05, 0.1) is 22.6 Å². The normalized spacial score (nSPS) is 17.0. The predicted octanol–water partition coefficient (Wildman–Crippen LogP) is 3.10. The molecule has 3 heterocycles. The predicted molar refractivity (Wildman–Crippen MR) is 111 cm³/mol. The van der Waals surface area contributed by atoms with Crippen LogP contribution < -0.4 is 10.2 Å². The third-order valence-corrected chi connectivity index (χ3v) is 6.92. The van der Waals surface area contributed by atoms with Gasteiger partial charge in [-0.05, 0) is 42.1 Å². The monoisotopic (exact) mass is 410 g/mol. The number of nitrogens with one attached hydrogen (secondary N) is 1. The van der Waals surface area contributed by atoms with Crippen molar-refractivity contribution in [2.45, 2.75) is 4.90 Å². The van der Waals surface area contributed by atoms with Crippen LogP contribution >= 0.6 is 11.8 Å². The molecule has 1 N–H and O–H groups in total. The zero-order valence-corrected chi connectivity index (χ0v) is 16.1. The third kappa shape index (κ3) is 2.92. The first-order valence-electron chi connectivity index (χ1n) is 8.57. The summed E-state index contributed by atoms with van der Waals surface area (Å²) in [4.78, 5) is 19.8. The molecule has 0 spiro atoms. The van der Waals surface area contributed by atoms with E-state index in [9.17, 15) is 13.2 Å². The summed E-state index contributed by atoms with van der Waals surface area (Å²) >= 11 is 1.27. The van der Waals surface area contributed by atoms with Crippen LogP contribution in [0.25, 0.3) is 10.9 Å². The van der Waals surface area contributed by atoms with Gasteiger partial charge >= 0.3 is 0 Å². The molecule has 2 aliphatic heterocycles. The molecule has 0 radical (unpaired) electrons. The number of amides is 1. The van der Waals surface area contributed by atoms with Crippen LogP contribution in [0.4, 0.5) is 11.4 Å². The number of carbonyl (C=O) groups excluding carboxylic acids is 1. The first kappa shape index (κ1) is 17.2. The Morgan fingerprint density at radius 2 is 2.00 bits per heavy atom. The zero-order chi connectivity index (χ0) is 19.3. The maximum atomic E-state index is 12.8. The average Bonchev–Trinajstić information content (AvgIpc) is 3.03. The first-order valence-corrected chi connectivity index (χ1v) is 11.0. The quantitative estimate of drug-likeness (QED) is 0.698. The van der Waals surface area contributed by atoms with E-state index in [1.54, 1.807) is 18.3 Å². The highest BCUT2D eigenvalue weighted by Crippen LogP contribution is 2.42. The number of sulfonamides is 1. The molecule has 9 heteroatoms. The van der Waals surface area contributed by atoms with Crippen molar-refractivity contribution in [3.05, 3.63) is 60.3 Å². The van der Waals surface area contributed by atoms with Crippen molar-refractivity contribution < 1.29 is 13.2 Å². The lowest BCUT2D eigenvalue weighted by molar-refractivity contribution is 0.102. The zero-order valence-electron chi connectivity index (χ0n) is 14.5. The summed E-state index contributed by atoms with van der Waals surface area (Å²) < 4.78 is 27.3. The molecule has 2 aliphatic rings. The van der Waals surface area contributed by atoms with Gasteiger partial charge in [0.25, 0.3) is 15.9 Å². The van der Waals surface area contributed by atoms with Gasteiger partial charge in [-0.3, -0.25) is 9.78 Å². The Morgan fingerprint density at radius 1 is 1.14 bits per heavy atom. The summed E-state index contributed by atoms with van der Waals surface area (Å²) in [6, 6.07) is 14.7. The fourth-order valence-corrected chi connectivity index (χ4v) is 5.57. The molecule has 1 aromatic heterocycles. The van der Waals surface area contributed by atoms with Crippen molar-refractivity contribution in [2.75, 3.05) is 22.5 Å². The molecule has 5 rings (SSSR count). The summed E-state index contributed by atoms with van der Waals surface area (Å²) in [5.74, 6) is -0.256. The summed E-state index contributed by atoms with van der Waals surface area (Å²) in [6.07, 6.45) is 1.69. The van der Waals surface area contributed by atoms with Crippen LogP contribution in [0.1, 0.15) is 10.4 Å². The van der Waals surface area contributed by atoms with Gasteiger partial charge in [-0.15, -0.1) is 4.40 Å². The standard InChI is InChI=1S/C19H14N4O3S2/c24-18(21-14-5-1-3-12-4-2-8-20-17(12)14)13-6-7-15-16(11-13)27-19-22-28(25,26)10-9-23(15)19/h1-8,11H,9-10H2,(H,21,24). The van der Waals surface area contributed by atoms with Crippen molar-refractivity contribution in [2.24, 2.45) is 4.40 Å². The fourth-order valence-electron chi connectivity index (χ4n) is 3.27. The summed E-state index contributed by atoms with van der Waals surface area (Å²) in [7, 11) is -3.40. The van der Waals surface area contributed by atoms with Crippen molar-refractivity contribution >= 4 is 55.1 Å². The molecule has 0 bridgehead atoms. The van der Waals surface area contributed by atoms with Gasteiger partial charge < -0.3 is 10.2 Å². The van der Waals surface area contributed by atoms with Crippen LogP contribution in [0.2, 0.25) is 0 Å². The number of aromatic nitrogens is 1. The molecule has 3 aromatic rings. The maximum absolute atomic E-state index is 12.8. The van der Waals surface area contributed by atoms with E-state index in [2.05, 4.69) is 14.7 Å². The van der Waals surface area contributed by atoms with Gasteiger partial charge in [0.1, 0.15) is 0 Å². The van der Waals surface area contributed by atoms with Crippen LogP contribution in [0, 0.1) is 0 Å². The number of amidine groups is 1. The van der Waals surface area contributed by atoms with Crippen LogP contribution in [0.5, 0.6) is 0 Å². The highest BCUT2D eigenvalue weighted by atomic mass is 32.2. The molecule has 140 valence electrons. The molecule has 0 unspecified atom stereocenters. The summed E-state index contributed by atoms with van der Waals surface area (Å²) in [5.41, 5.74) is 2.74. The number of para-hydroxylation sites is 1. The molecular formula is C19H14N4O3S2. The number of benzene rings is 2. The van der Waals surface area contributed by atoms with E-state index in [-0.39, 0.29) is 11.7 Å². The number of rotatable bonds is 2. The largest absolute Gasteiger partial charge is 0.320 e. The summed E-state index contributed by atoms with van der Waals surface area (Å²) in [5, 5.41) is 4.30. The van der Waals surface area contributed by atoms with Gasteiger partial charge in [0.2, 0.25) is 0 Å². The van der Waals surface area contributed by atoms with Crippen molar-refractivity contribution in [1.29, 1.82) is 0 Å². The molecule has 7 nitrogen and oxygen atoms in total. The number of hydrogen-bond donors (Lipinski definition) is 1. The number of pyridine rings is 1. The van der Waals surface area contributed by atoms with E-state index in [1.807, 2.05) is 41.3 Å². The Hall–Kier alpha value is -2.91. The molecule has 0 saturated heterocycles. The van der Waals surface area contributed by atoms with E-state index in [1.165, 1.54) is 11.8 Å². The molecule has 0 aliphatic carbocycles. The van der Waals surface area contributed by atoms with Crippen LogP contribution in [-0.4, -0.2) is 36.8 Å². The van der Waals surface area contributed by atoms with Crippen molar-refractivity contribution in [1.82, 2.24) is 4.98 Å². The average molecular weight is 410 g/mol. The van der Waals surface area contributed by atoms with Crippen LogP contribution in [0.15, 0.2) is 64.0 Å². The Morgan fingerprint density at radius 3 is 2.89 bits per heavy atom. The van der Waals surface area contributed by atoms with Crippen molar-refractivity contribution in [3.63, 3.8) is 0 Å². The van der Waals surface area contributed by atoms with E-state index in [0.717, 1.165) is 21.5 Å². The van der Waals surface area contributed by atoms with Gasteiger partial charge in [-0.25, -0.2) is 8.42 Å². The number of nitrogens with zero attached hydrogens (tertiary/aromatic N) is 3. The Balaban J connectivity index is 1.45. The van der Waals surface area contributed by atoms with Gasteiger partial charge in [0, 0.05) is 28.6 Å². The topological polar surface area (TPSA) is 91.7 Å². The Bertz CT molecular complexity index is 1270. The number of fused-ring (bicyclic) bond motifs is 4. The van der Waals surface area contributed by atoms with E-state index < -0.39 is 10.0 Å². The highest BCUT2D eigenvalue weighted by molar-refractivity contribution is 8.15. The molecule has 1 amide bonds. The van der Waals surface area contributed by atoms with E-state index in [4.69, 9.17) is 0 Å². The third-order valence-electron chi connectivity index (χ3n) is 4.62. The fraction of sp³-hybridized carbons (Fsp3) is 0.105. The Labute approximate surface area is 165 Å². The first-order chi connectivity index (χ1) is 13.5. The molecule has 0 saturated carbocycles. The lowest BCUT2D eigenvalue weighted by Crippen LogP contribution is -2.35. The van der Waals surface area contributed by atoms with Gasteiger partial charge in [-0.1, -0.05) is 18.2 Å². The lowest BCUT2D eigenvalue weighted by atomic mass is 10.1. The van der Waals surface area contributed by atoms with Crippen molar-refractivity contribution in [3.8, 4) is 0 Å². The minimum atomic E-state index is -3.40. The minimum absolute atomic E-state index is 0.00712. The maximum Gasteiger partial charge on any atom is 0.257 e. The number of anilines is 2. The smallest absolute Gasteiger partial charge is 0.257 e. The molecular weight excluding hydrogens is 396 g/mol. The second-order valence-electron chi connectivity index (χ2n) is 6.43. The second-order valence-corrected chi connectivity index (χ2v) is 9.19. The SMILES string of the molecule is O=C(Nc1cccc2cccnc12)c1ccc2c(c1)SC1=NS(=O)(=O)CCN12. The molecule has 0 atom stereocenters. The lowest BCUT2D eigenvalue weighted by Gasteiger charge is -2.22. The van der Waals surface area contributed by atoms with Crippen LogP contribution in [-0.2, 0) is 10.0 Å².